The molecule has 0 N–H and O–H groups in total. The molecule has 0 aliphatic rings. The minimum atomic E-state index is 0.0386. The Balaban J connectivity index is 2.13. The monoisotopic (exact) mass is 331 g/mol. The van der Waals surface area contributed by atoms with Crippen molar-refractivity contribution in [3.63, 3.8) is 0 Å². The number of pyridine rings is 1. The Bertz CT molecular complexity index is 1140. The SMILES string of the molecule is CCCn1c(C)cc2oc(C)c(-c3cccc4ccccc34)c2c1=O. The van der Waals surface area contributed by atoms with Crippen molar-refractivity contribution in [2.75, 3.05) is 0 Å². The number of fused-ring (bicyclic) bond motifs is 2. The fraction of sp³-hybridized carbons (Fsp3) is 0.227. The van der Waals surface area contributed by atoms with Crippen LogP contribution in [0, 0.1) is 13.8 Å². The van der Waals surface area contributed by atoms with Gasteiger partial charge in [-0.2, -0.15) is 0 Å². The van der Waals surface area contributed by atoms with Gasteiger partial charge >= 0.3 is 0 Å². The van der Waals surface area contributed by atoms with Crippen molar-refractivity contribution in [3.05, 3.63) is 70.3 Å². The largest absolute Gasteiger partial charge is 0.460 e. The second-order valence-electron chi connectivity index (χ2n) is 6.54. The number of hydrogen-bond donors (Lipinski definition) is 0. The Kier molecular flexibility index (Phi) is 3.72. The van der Waals surface area contributed by atoms with E-state index in [1.165, 1.54) is 0 Å². The molecule has 0 atom stereocenters. The smallest absolute Gasteiger partial charge is 0.262 e. The summed E-state index contributed by atoms with van der Waals surface area (Å²) in [5.41, 5.74) is 3.63. The summed E-state index contributed by atoms with van der Waals surface area (Å²) in [5.74, 6) is 0.789. The zero-order valence-electron chi connectivity index (χ0n) is 14.8. The summed E-state index contributed by atoms with van der Waals surface area (Å²) in [7, 11) is 0. The topological polar surface area (TPSA) is 35.1 Å². The van der Waals surface area contributed by atoms with Crippen LogP contribution in [0.25, 0.3) is 32.9 Å². The van der Waals surface area contributed by atoms with E-state index in [4.69, 9.17) is 4.42 Å². The van der Waals surface area contributed by atoms with E-state index in [0.29, 0.717) is 11.0 Å². The molecule has 3 heteroatoms. The van der Waals surface area contributed by atoms with Crippen molar-refractivity contribution in [3.8, 4) is 11.1 Å². The summed E-state index contributed by atoms with van der Waals surface area (Å²) in [5, 5.41) is 2.99. The lowest BCUT2D eigenvalue weighted by atomic mass is 9.96. The van der Waals surface area contributed by atoms with Gasteiger partial charge in [-0.15, -0.1) is 0 Å². The molecule has 2 aromatic carbocycles. The molecule has 0 fully saturated rings. The van der Waals surface area contributed by atoms with E-state index >= 15 is 0 Å². The molecule has 3 nitrogen and oxygen atoms in total. The zero-order valence-corrected chi connectivity index (χ0v) is 14.8. The van der Waals surface area contributed by atoms with E-state index in [-0.39, 0.29) is 5.56 Å². The third-order valence-corrected chi connectivity index (χ3v) is 4.84. The normalized spacial score (nSPS) is 11.5. The van der Waals surface area contributed by atoms with Gasteiger partial charge in [0.05, 0.1) is 5.39 Å². The lowest BCUT2D eigenvalue weighted by molar-refractivity contribution is 0.575. The van der Waals surface area contributed by atoms with Crippen molar-refractivity contribution in [1.82, 2.24) is 4.57 Å². The highest BCUT2D eigenvalue weighted by Crippen LogP contribution is 2.36. The molecule has 0 spiro atoms. The number of nitrogens with zero attached hydrogens (tertiary/aromatic N) is 1. The third-order valence-electron chi connectivity index (χ3n) is 4.84. The molecule has 0 saturated carbocycles. The summed E-state index contributed by atoms with van der Waals surface area (Å²) >= 11 is 0. The summed E-state index contributed by atoms with van der Waals surface area (Å²) in [4.78, 5) is 13.2. The minimum absolute atomic E-state index is 0.0386. The minimum Gasteiger partial charge on any atom is -0.460 e. The molecular formula is C22H21NO2. The number of furan rings is 1. The van der Waals surface area contributed by atoms with Crippen molar-refractivity contribution < 1.29 is 4.42 Å². The van der Waals surface area contributed by atoms with Crippen LogP contribution in [0.1, 0.15) is 24.8 Å². The van der Waals surface area contributed by atoms with Gasteiger partial charge in [-0.1, -0.05) is 49.4 Å². The van der Waals surface area contributed by atoms with Gasteiger partial charge in [0.2, 0.25) is 0 Å². The van der Waals surface area contributed by atoms with Gasteiger partial charge in [-0.3, -0.25) is 4.79 Å². The Labute approximate surface area is 146 Å². The van der Waals surface area contributed by atoms with Crippen LogP contribution >= 0.6 is 0 Å². The van der Waals surface area contributed by atoms with E-state index in [2.05, 4.69) is 31.2 Å². The molecule has 0 radical (unpaired) electrons. The summed E-state index contributed by atoms with van der Waals surface area (Å²) in [6.07, 6.45) is 0.923. The Morgan fingerprint density at radius 2 is 1.80 bits per heavy atom. The first-order chi connectivity index (χ1) is 12.1. The fourth-order valence-electron chi connectivity index (χ4n) is 3.71. The fourth-order valence-corrected chi connectivity index (χ4v) is 3.71. The molecule has 4 rings (SSSR count). The van der Waals surface area contributed by atoms with E-state index in [0.717, 1.165) is 46.3 Å². The third kappa shape index (κ3) is 2.39. The highest BCUT2D eigenvalue weighted by molar-refractivity contribution is 6.05. The average Bonchev–Trinajstić information content (AvgIpc) is 2.94. The van der Waals surface area contributed by atoms with Gasteiger partial charge in [-0.25, -0.2) is 0 Å². The van der Waals surface area contributed by atoms with Crippen molar-refractivity contribution >= 4 is 21.7 Å². The first-order valence-corrected chi connectivity index (χ1v) is 8.73. The Hall–Kier alpha value is -2.81. The lowest BCUT2D eigenvalue weighted by Crippen LogP contribution is -2.22. The zero-order chi connectivity index (χ0) is 17.6. The lowest BCUT2D eigenvalue weighted by Gasteiger charge is -2.10. The van der Waals surface area contributed by atoms with Gasteiger partial charge in [0.1, 0.15) is 11.3 Å². The van der Waals surface area contributed by atoms with Gasteiger partial charge in [0, 0.05) is 23.9 Å². The Morgan fingerprint density at radius 3 is 2.60 bits per heavy atom. The second kappa shape index (κ2) is 5.92. The van der Waals surface area contributed by atoms with Gasteiger partial charge in [0.25, 0.3) is 5.56 Å². The van der Waals surface area contributed by atoms with E-state index in [9.17, 15) is 4.79 Å². The van der Waals surface area contributed by atoms with Crippen molar-refractivity contribution in [1.29, 1.82) is 0 Å². The van der Waals surface area contributed by atoms with Crippen LogP contribution in [-0.2, 0) is 6.54 Å². The predicted molar refractivity (Wildman–Crippen MR) is 103 cm³/mol. The second-order valence-corrected chi connectivity index (χ2v) is 6.54. The molecular weight excluding hydrogens is 310 g/mol. The van der Waals surface area contributed by atoms with Gasteiger partial charge < -0.3 is 8.98 Å². The van der Waals surface area contributed by atoms with Crippen molar-refractivity contribution in [2.24, 2.45) is 0 Å². The van der Waals surface area contributed by atoms with Gasteiger partial charge in [-0.05, 0) is 36.6 Å². The van der Waals surface area contributed by atoms with Crippen LogP contribution in [0.4, 0.5) is 0 Å². The molecule has 126 valence electrons. The quantitative estimate of drug-likeness (QED) is 0.501. The summed E-state index contributed by atoms with van der Waals surface area (Å²) in [6, 6.07) is 16.4. The van der Waals surface area contributed by atoms with E-state index < -0.39 is 0 Å². The van der Waals surface area contributed by atoms with Crippen molar-refractivity contribution in [2.45, 2.75) is 33.7 Å². The summed E-state index contributed by atoms with van der Waals surface area (Å²) in [6.45, 7) is 6.71. The van der Waals surface area contributed by atoms with E-state index in [1.807, 2.05) is 42.7 Å². The molecule has 0 aliphatic heterocycles. The molecule has 2 heterocycles. The maximum atomic E-state index is 13.2. The average molecular weight is 331 g/mol. The molecule has 0 aliphatic carbocycles. The number of hydrogen-bond acceptors (Lipinski definition) is 2. The highest BCUT2D eigenvalue weighted by atomic mass is 16.3. The number of aryl methyl sites for hydroxylation is 2. The van der Waals surface area contributed by atoms with E-state index in [1.54, 1.807) is 0 Å². The molecule has 2 aromatic heterocycles. The molecule has 0 unspecified atom stereocenters. The first-order valence-electron chi connectivity index (χ1n) is 8.73. The van der Waals surface area contributed by atoms with Gasteiger partial charge in [0.15, 0.2) is 0 Å². The predicted octanol–water partition coefficient (Wildman–Crippen LogP) is 5.44. The number of benzene rings is 2. The highest BCUT2D eigenvalue weighted by Gasteiger charge is 2.20. The van der Waals surface area contributed by atoms with Crippen LogP contribution < -0.4 is 5.56 Å². The van der Waals surface area contributed by atoms with Crippen LogP contribution in [0.3, 0.4) is 0 Å². The molecule has 4 aromatic rings. The summed E-state index contributed by atoms with van der Waals surface area (Å²) < 4.78 is 7.84. The number of rotatable bonds is 3. The molecule has 25 heavy (non-hydrogen) atoms. The molecule has 0 saturated heterocycles. The Morgan fingerprint density at radius 1 is 1.04 bits per heavy atom. The van der Waals surface area contributed by atoms with Crippen LogP contribution in [0.2, 0.25) is 0 Å². The maximum Gasteiger partial charge on any atom is 0.262 e. The van der Waals surface area contributed by atoms with Crippen LogP contribution in [0.15, 0.2) is 57.7 Å². The first kappa shape index (κ1) is 15.7. The van der Waals surface area contributed by atoms with Crippen LogP contribution in [-0.4, -0.2) is 4.57 Å². The number of aromatic nitrogens is 1. The maximum absolute atomic E-state index is 13.2. The molecule has 0 amide bonds. The molecule has 0 bridgehead atoms. The standard InChI is InChI=1S/C22H21NO2/c1-4-12-23-14(2)13-19-21(22(23)24)20(15(3)25-19)18-11-7-9-16-8-5-6-10-17(16)18/h5-11,13H,4,12H2,1-3H3. The van der Waals surface area contributed by atoms with Crippen LogP contribution in [0.5, 0.6) is 0 Å².